The standard InChI is InChI=1S/C12H15N3O/c1-8(2)12(16)13-7-11-14-9-5-3-4-6-10(9)15-11/h3-6,8H,7H2,1-2H3,(H,13,16)(H,14,15). The van der Waals surface area contributed by atoms with Crippen molar-refractivity contribution in [3.05, 3.63) is 30.1 Å². The van der Waals surface area contributed by atoms with Crippen molar-refractivity contribution in [2.45, 2.75) is 20.4 Å². The second kappa shape index (κ2) is 4.35. The summed E-state index contributed by atoms with van der Waals surface area (Å²) in [7, 11) is 0. The van der Waals surface area contributed by atoms with Crippen LogP contribution in [0, 0.1) is 5.92 Å². The third-order valence-corrected chi connectivity index (χ3v) is 2.39. The van der Waals surface area contributed by atoms with E-state index in [1.807, 2.05) is 38.1 Å². The van der Waals surface area contributed by atoms with Gasteiger partial charge in [-0.1, -0.05) is 26.0 Å². The molecular formula is C12H15N3O. The molecule has 4 nitrogen and oxygen atoms in total. The molecule has 2 N–H and O–H groups in total. The number of fused-ring (bicyclic) bond motifs is 1. The molecule has 0 aliphatic rings. The number of nitrogens with zero attached hydrogens (tertiary/aromatic N) is 1. The molecule has 0 atom stereocenters. The first kappa shape index (κ1) is 10.7. The third-order valence-electron chi connectivity index (χ3n) is 2.39. The minimum atomic E-state index is 0.00405. The summed E-state index contributed by atoms with van der Waals surface area (Å²) in [6, 6.07) is 7.81. The van der Waals surface area contributed by atoms with Crippen molar-refractivity contribution in [3.63, 3.8) is 0 Å². The van der Waals surface area contributed by atoms with Crippen molar-refractivity contribution >= 4 is 16.9 Å². The first-order chi connectivity index (χ1) is 7.66. The maximum atomic E-state index is 11.4. The highest BCUT2D eigenvalue weighted by Crippen LogP contribution is 2.09. The van der Waals surface area contributed by atoms with Gasteiger partial charge in [-0.3, -0.25) is 4.79 Å². The molecule has 4 heteroatoms. The second-order valence-corrected chi connectivity index (χ2v) is 4.07. The number of para-hydroxylation sites is 2. The lowest BCUT2D eigenvalue weighted by Crippen LogP contribution is -2.27. The first-order valence-corrected chi connectivity index (χ1v) is 5.38. The zero-order valence-electron chi connectivity index (χ0n) is 9.45. The molecule has 0 spiro atoms. The Labute approximate surface area is 94.1 Å². The maximum absolute atomic E-state index is 11.4. The fourth-order valence-electron chi connectivity index (χ4n) is 1.46. The van der Waals surface area contributed by atoms with E-state index in [2.05, 4.69) is 15.3 Å². The Bertz CT molecular complexity index is 469. The van der Waals surface area contributed by atoms with E-state index in [0.29, 0.717) is 6.54 Å². The van der Waals surface area contributed by atoms with Crippen LogP contribution in [-0.2, 0) is 11.3 Å². The predicted octanol–water partition coefficient (Wildman–Crippen LogP) is 1.84. The van der Waals surface area contributed by atoms with Gasteiger partial charge in [0.05, 0.1) is 17.6 Å². The minimum absolute atomic E-state index is 0.00405. The van der Waals surface area contributed by atoms with E-state index in [9.17, 15) is 4.79 Å². The number of nitrogens with one attached hydrogen (secondary N) is 2. The molecule has 1 aromatic carbocycles. The number of amides is 1. The zero-order valence-corrected chi connectivity index (χ0v) is 9.45. The molecule has 1 amide bonds. The van der Waals surface area contributed by atoms with E-state index in [1.54, 1.807) is 0 Å². The van der Waals surface area contributed by atoms with E-state index in [1.165, 1.54) is 0 Å². The fraction of sp³-hybridized carbons (Fsp3) is 0.333. The number of imidazole rings is 1. The summed E-state index contributed by atoms with van der Waals surface area (Å²) < 4.78 is 0. The van der Waals surface area contributed by atoms with Crippen molar-refractivity contribution in [1.29, 1.82) is 0 Å². The monoisotopic (exact) mass is 217 g/mol. The molecular weight excluding hydrogens is 202 g/mol. The highest BCUT2D eigenvalue weighted by Gasteiger charge is 2.07. The molecule has 84 valence electrons. The number of H-pyrrole nitrogens is 1. The van der Waals surface area contributed by atoms with Gasteiger partial charge >= 0.3 is 0 Å². The molecule has 0 aliphatic carbocycles. The lowest BCUT2D eigenvalue weighted by atomic mass is 10.2. The average molecular weight is 217 g/mol. The number of rotatable bonds is 3. The molecule has 1 aromatic heterocycles. The van der Waals surface area contributed by atoms with Crippen LogP contribution in [0.25, 0.3) is 11.0 Å². The molecule has 0 unspecified atom stereocenters. The van der Waals surface area contributed by atoms with Crippen molar-refractivity contribution < 1.29 is 4.79 Å². The van der Waals surface area contributed by atoms with Crippen LogP contribution in [-0.4, -0.2) is 15.9 Å². The minimum Gasteiger partial charge on any atom is -0.349 e. The van der Waals surface area contributed by atoms with E-state index in [0.717, 1.165) is 16.9 Å². The Balaban J connectivity index is 2.07. The van der Waals surface area contributed by atoms with Crippen LogP contribution in [0.3, 0.4) is 0 Å². The van der Waals surface area contributed by atoms with Gasteiger partial charge in [-0.15, -0.1) is 0 Å². The topological polar surface area (TPSA) is 57.8 Å². The lowest BCUT2D eigenvalue weighted by molar-refractivity contribution is -0.124. The fourth-order valence-corrected chi connectivity index (χ4v) is 1.46. The number of aromatic nitrogens is 2. The molecule has 16 heavy (non-hydrogen) atoms. The third kappa shape index (κ3) is 2.21. The van der Waals surface area contributed by atoms with Crippen LogP contribution >= 0.6 is 0 Å². The molecule has 1 heterocycles. The second-order valence-electron chi connectivity index (χ2n) is 4.07. The lowest BCUT2D eigenvalue weighted by Gasteiger charge is -2.04. The molecule has 0 bridgehead atoms. The Hall–Kier alpha value is -1.84. The van der Waals surface area contributed by atoms with E-state index in [-0.39, 0.29) is 11.8 Å². The van der Waals surface area contributed by atoms with Crippen LogP contribution in [0.5, 0.6) is 0 Å². The number of aromatic amines is 1. The average Bonchev–Trinajstić information content (AvgIpc) is 2.68. The SMILES string of the molecule is CC(C)C(=O)NCc1nc2ccccc2[nH]1. The summed E-state index contributed by atoms with van der Waals surface area (Å²) in [4.78, 5) is 18.9. The molecule has 0 saturated heterocycles. The summed E-state index contributed by atoms with van der Waals surface area (Å²) in [5, 5.41) is 2.83. The van der Waals surface area contributed by atoms with Gasteiger partial charge in [0.2, 0.25) is 5.91 Å². The van der Waals surface area contributed by atoms with Gasteiger partial charge in [0, 0.05) is 5.92 Å². The molecule has 2 rings (SSSR count). The number of carbonyl (C=O) groups is 1. The van der Waals surface area contributed by atoms with Gasteiger partial charge in [0.1, 0.15) is 5.82 Å². The number of carbonyl (C=O) groups excluding carboxylic acids is 1. The van der Waals surface area contributed by atoms with Gasteiger partial charge in [0.15, 0.2) is 0 Å². The normalized spacial score (nSPS) is 10.9. The Morgan fingerprint density at radius 2 is 2.19 bits per heavy atom. The largest absolute Gasteiger partial charge is 0.349 e. The molecule has 0 fully saturated rings. The summed E-state index contributed by atoms with van der Waals surface area (Å²) in [5.74, 6) is 0.833. The van der Waals surface area contributed by atoms with Crippen molar-refractivity contribution in [2.75, 3.05) is 0 Å². The van der Waals surface area contributed by atoms with Gasteiger partial charge in [-0.05, 0) is 12.1 Å². The van der Waals surface area contributed by atoms with E-state index in [4.69, 9.17) is 0 Å². The smallest absolute Gasteiger partial charge is 0.222 e. The van der Waals surface area contributed by atoms with Crippen LogP contribution < -0.4 is 5.32 Å². The molecule has 0 aliphatic heterocycles. The predicted molar refractivity (Wildman–Crippen MR) is 62.8 cm³/mol. The van der Waals surface area contributed by atoms with Crippen molar-refractivity contribution in [1.82, 2.24) is 15.3 Å². The summed E-state index contributed by atoms with van der Waals surface area (Å²) in [6.45, 7) is 4.19. The van der Waals surface area contributed by atoms with Crippen LogP contribution in [0.4, 0.5) is 0 Å². The highest BCUT2D eigenvalue weighted by molar-refractivity contribution is 5.78. The van der Waals surface area contributed by atoms with E-state index >= 15 is 0 Å². The van der Waals surface area contributed by atoms with E-state index < -0.39 is 0 Å². The summed E-state index contributed by atoms with van der Waals surface area (Å²) >= 11 is 0. The van der Waals surface area contributed by atoms with Crippen LogP contribution in [0.15, 0.2) is 24.3 Å². The van der Waals surface area contributed by atoms with Gasteiger partial charge in [-0.2, -0.15) is 0 Å². The molecule has 0 radical (unpaired) electrons. The Kier molecular flexibility index (Phi) is 2.90. The Morgan fingerprint density at radius 3 is 2.88 bits per heavy atom. The zero-order chi connectivity index (χ0) is 11.5. The summed E-state index contributed by atoms with van der Waals surface area (Å²) in [6.07, 6.45) is 0. The Morgan fingerprint density at radius 1 is 1.44 bits per heavy atom. The first-order valence-electron chi connectivity index (χ1n) is 5.38. The van der Waals surface area contributed by atoms with Crippen LogP contribution in [0.2, 0.25) is 0 Å². The van der Waals surface area contributed by atoms with Crippen LogP contribution in [0.1, 0.15) is 19.7 Å². The van der Waals surface area contributed by atoms with Gasteiger partial charge < -0.3 is 10.3 Å². The van der Waals surface area contributed by atoms with Gasteiger partial charge in [0.25, 0.3) is 0 Å². The number of hydrogen-bond donors (Lipinski definition) is 2. The van der Waals surface area contributed by atoms with Gasteiger partial charge in [-0.25, -0.2) is 4.98 Å². The van der Waals surface area contributed by atoms with Crippen molar-refractivity contribution in [2.24, 2.45) is 5.92 Å². The molecule has 0 saturated carbocycles. The summed E-state index contributed by atoms with van der Waals surface area (Å²) in [5.41, 5.74) is 1.92. The highest BCUT2D eigenvalue weighted by atomic mass is 16.1. The maximum Gasteiger partial charge on any atom is 0.222 e. The quantitative estimate of drug-likeness (QED) is 0.824. The number of hydrogen-bond acceptors (Lipinski definition) is 2. The molecule has 2 aromatic rings. The number of benzene rings is 1. The van der Waals surface area contributed by atoms with Crippen molar-refractivity contribution in [3.8, 4) is 0 Å².